The van der Waals surface area contributed by atoms with Gasteiger partial charge in [-0.15, -0.1) is 0 Å². The molecule has 1 nitrogen and oxygen atoms in total. The van der Waals surface area contributed by atoms with E-state index in [-0.39, 0.29) is 5.54 Å². The third-order valence-electron chi connectivity index (χ3n) is 3.63. The van der Waals surface area contributed by atoms with E-state index in [1.165, 1.54) is 36.0 Å². The molecule has 1 heteroatoms. The smallest absolute Gasteiger partial charge is 0.00966 e. The molecule has 0 spiro atoms. The SMILES string of the molecule is CCCC(CNC(C)(C)C)Cc1cc(C)ccc1C. The summed E-state index contributed by atoms with van der Waals surface area (Å²) in [6, 6.07) is 6.82. The standard InChI is InChI=1S/C18H31N/c1-7-8-16(13-19-18(4,5)6)12-17-11-14(2)9-10-15(17)3/h9-11,16,19H,7-8,12-13H2,1-6H3. The molecule has 1 atom stereocenters. The molecule has 0 heterocycles. The molecule has 0 amide bonds. The predicted octanol–water partition coefficient (Wildman–Crippen LogP) is 4.65. The summed E-state index contributed by atoms with van der Waals surface area (Å²) in [5.41, 5.74) is 4.55. The zero-order chi connectivity index (χ0) is 14.5. The first-order valence-corrected chi connectivity index (χ1v) is 7.63. The van der Waals surface area contributed by atoms with Gasteiger partial charge in [0.05, 0.1) is 0 Å². The Morgan fingerprint density at radius 1 is 1.16 bits per heavy atom. The van der Waals surface area contributed by atoms with Crippen molar-refractivity contribution in [2.75, 3.05) is 6.54 Å². The van der Waals surface area contributed by atoms with E-state index in [1.807, 2.05) is 0 Å². The average Bonchev–Trinajstić information content (AvgIpc) is 2.30. The fourth-order valence-electron chi connectivity index (χ4n) is 2.47. The molecule has 1 N–H and O–H groups in total. The largest absolute Gasteiger partial charge is 0.312 e. The number of rotatable bonds is 6. The molecule has 1 aromatic rings. The lowest BCUT2D eigenvalue weighted by Gasteiger charge is -2.25. The number of benzene rings is 1. The molecule has 19 heavy (non-hydrogen) atoms. The minimum atomic E-state index is 0.216. The van der Waals surface area contributed by atoms with Crippen molar-refractivity contribution in [1.29, 1.82) is 0 Å². The van der Waals surface area contributed by atoms with Crippen LogP contribution < -0.4 is 5.32 Å². The fraction of sp³-hybridized carbons (Fsp3) is 0.667. The molecule has 0 saturated heterocycles. The second kappa shape index (κ2) is 7.09. The van der Waals surface area contributed by atoms with Crippen LogP contribution in [0, 0.1) is 19.8 Å². The third-order valence-corrected chi connectivity index (χ3v) is 3.63. The molecule has 0 aliphatic carbocycles. The molecule has 1 rings (SSSR count). The summed E-state index contributed by atoms with van der Waals surface area (Å²) in [5.74, 6) is 0.740. The summed E-state index contributed by atoms with van der Waals surface area (Å²) in [5, 5.41) is 3.66. The van der Waals surface area contributed by atoms with Crippen molar-refractivity contribution >= 4 is 0 Å². The molecule has 0 aliphatic rings. The predicted molar refractivity (Wildman–Crippen MR) is 85.8 cm³/mol. The summed E-state index contributed by atoms with van der Waals surface area (Å²) in [7, 11) is 0. The van der Waals surface area contributed by atoms with Crippen molar-refractivity contribution in [1.82, 2.24) is 5.32 Å². The quantitative estimate of drug-likeness (QED) is 0.786. The molecule has 108 valence electrons. The highest BCUT2D eigenvalue weighted by Crippen LogP contribution is 2.19. The van der Waals surface area contributed by atoms with Gasteiger partial charge in [0.25, 0.3) is 0 Å². The Labute approximate surface area is 119 Å². The van der Waals surface area contributed by atoms with Gasteiger partial charge in [0.2, 0.25) is 0 Å². The third kappa shape index (κ3) is 6.24. The van der Waals surface area contributed by atoms with Crippen molar-refractivity contribution in [2.45, 2.75) is 66.3 Å². The van der Waals surface area contributed by atoms with E-state index in [1.54, 1.807) is 0 Å². The van der Waals surface area contributed by atoms with Crippen LogP contribution in [-0.2, 0) is 6.42 Å². The first-order chi connectivity index (χ1) is 8.81. The van der Waals surface area contributed by atoms with Gasteiger partial charge in [0.15, 0.2) is 0 Å². The van der Waals surface area contributed by atoms with Crippen LogP contribution in [0.2, 0.25) is 0 Å². The van der Waals surface area contributed by atoms with Crippen LogP contribution in [0.25, 0.3) is 0 Å². The van der Waals surface area contributed by atoms with Gasteiger partial charge in [-0.05, 0) is 71.0 Å². The first-order valence-electron chi connectivity index (χ1n) is 7.63. The Morgan fingerprint density at radius 2 is 1.84 bits per heavy atom. The van der Waals surface area contributed by atoms with E-state index in [2.05, 4.69) is 65.1 Å². The van der Waals surface area contributed by atoms with E-state index in [4.69, 9.17) is 0 Å². The maximum absolute atomic E-state index is 3.66. The highest BCUT2D eigenvalue weighted by molar-refractivity contribution is 5.30. The highest BCUT2D eigenvalue weighted by atomic mass is 14.9. The van der Waals surface area contributed by atoms with Crippen LogP contribution in [0.15, 0.2) is 18.2 Å². The fourth-order valence-corrected chi connectivity index (χ4v) is 2.47. The van der Waals surface area contributed by atoms with E-state index in [9.17, 15) is 0 Å². The normalized spacial score (nSPS) is 13.6. The van der Waals surface area contributed by atoms with Gasteiger partial charge in [0, 0.05) is 5.54 Å². The van der Waals surface area contributed by atoms with Crippen LogP contribution in [0.3, 0.4) is 0 Å². The van der Waals surface area contributed by atoms with Gasteiger partial charge in [0.1, 0.15) is 0 Å². The number of hydrogen-bond acceptors (Lipinski definition) is 1. The van der Waals surface area contributed by atoms with Crippen LogP contribution in [0.5, 0.6) is 0 Å². The van der Waals surface area contributed by atoms with Crippen molar-refractivity contribution in [2.24, 2.45) is 5.92 Å². The topological polar surface area (TPSA) is 12.0 Å². The van der Waals surface area contributed by atoms with Crippen LogP contribution in [0.1, 0.15) is 57.2 Å². The lowest BCUT2D eigenvalue weighted by Crippen LogP contribution is -2.39. The highest BCUT2D eigenvalue weighted by Gasteiger charge is 2.15. The van der Waals surface area contributed by atoms with Crippen molar-refractivity contribution in [3.05, 3.63) is 34.9 Å². The molecule has 0 aliphatic heterocycles. The zero-order valence-corrected chi connectivity index (χ0v) is 13.6. The summed E-state index contributed by atoms with van der Waals surface area (Å²) in [6.07, 6.45) is 3.77. The molecule has 0 fully saturated rings. The molecule has 0 aromatic heterocycles. The van der Waals surface area contributed by atoms with Crippen molar-refractivity contribution < 1.29 is 0 Å². The summed E-state index contributed by atoms with van der Waals surface area (Å²) in [4.78, 5) is 0. The van der Waals surface area contributed by atoms with Crippen LogP contribution >= 0.6 is 0 Å². The lowest BCUT2D eigenvalue weighted by molar-refractivity contribution is 0.354. The number of hydrogen-bond donors (Lipinski definition) is 1. The van der Waals surface area contributed by atoms with Crippen molar-refractivity contribution in [3.63, 3.8) is 0 Å². The Balaban J connectivity index is 2.69. The Hall–Kier alpha value is -0.820. The zero-order valence-electron chi connectivity index (χ0n) is 13.6. The van der Waals surface area contributed by atoms with Crippen LogP contribution in [0.4, 0.5) is 0 Å². The van der Waals surface area contributed by atoms with Gasteiger partial charge >= 0.3 is 0 Å². The number of nitrogens with one attached hydrogen (secondary N) is 1. The maximum Gasteiger partial charge on any atom is 0.00966 e. The van der Waals surface area contributed by atoms with E-state index in [0.29, 0.717) is 0 Å². The first kappa shape index (κ1) is 16.2. The molecule has 0 saturated carbocycles. The summed E-state index contributed by atoms with van der Waals surface area (Å²) < 4.78 is 0. The molecule has 1 aromatic carbocycles. The van der Waals surface area contributed by atoms with Crippen molar-refractivity contribution in [3.8, 4) is 0 Å². The van der Waals surface area contributed by atoms with E-state index >= 15 is 0 Å². The molecule has 1 unspecified atom stereocenters. The Morgan fingerprint density at radius 3 is 2.42 bits per heavy atom. The maximum atomic E-state index is 3.66. The number of aryl methyl sites for hydroxylation is 2. The van der Waals surface area contributed by atoms with Gasteiger partial charge in [-0.3, -0.25) is 0 Å². The van der Waals surface area contributed by atoms with Gasteiger partial charge in [-0.25, -0.2) is 0 Å². The van der Waals surface area contributed by atoms with E-state index in [0.717, 1.165) is 12.5 Å². The molecule has 0 bridgehead atoms. The summed E-state index contributed by atoms with van der Waals surface area (Å²) in [6.45, 7) is 14.5. The van der Waals surface area contributed by atoms with E-state index < -0.39 is 0 Å². The Kier molecular flexibility index (Phi) is 6.06. The monoisotopic (exact) mass is 261 g/mol. The molecular weight excluding hydrogens is 230 g/mol. The minimum absolute atomic E-state index is 0.216. The summed E-state index contributed by atoms with van der Waals surface area (Å²) >= 11 is 0. The van der Waals surface area contributed by atoms with Gasteiger partial charge in [-0.2, -0.15) is 0 Å². The minimum Gasteiger partial charge on any atom is -0.312 e. The Bertz CT molecular complexity index is 387. The average molecular weight is 261 g/mol. The second-order valence-corrected chi connectivity index (χ2v) is 6.92. The van der Waals surface area contributed by atoms with Gasteiger partial charge < -0.3 is 5.32 Å². The van der Waals surface area contributed by atoms with Gasteiger partial charge in [-0.1, -0.05) is 37.1 Å². The second-order valence-electron chi connectivity index (χ2n) is 6.92. The van der Waals surface area contributed by atoms with Crippen LogP contribution in [-0.4, -0.2) is 12.1 Å². The molecule has 0 radical (unpaired) electrons. The lowest BCUT2D eigenvalue weighted by atomic mass is 9.91. The molecular formula is C18H31N.